The molecule has 0 aliphatic carbocycles. The van der Waals surface area contributed by atoms with Gasteiger partial charge < -0.3 is 9.47 Å². The minimum Gasteiger partial charge on any atom is -0.490 e. The first-order valence-corrected chi connectivity index (χ1v) is 7.39. The molecule has 1 fully saturated rings. The molecule has 0 spiro atoms. The molecule has 0 radical (unpaired) electrons. The van der Waals surface area contributed by atoms with Gasteiger partial charge >= 0.3 is 0 Å². The summed E-state index contributed by atoms with van der Waals surface area (Å²) in [7, 11) is 0. The Morgan fingerprint density at radius 3 is 2.67 bits per heavy atom. The Morgan fingerprint density at radius 1 is 1.14 bits per heavy atom. The third-order valence-corrected chi connectivity index (χ3v) is 3.50. The van der Waals surface area contributed by atoms with Crippen LogP contribution in [-0.4, -0.2) is 19.3 Å². The molecule has 2 aromatic rings. The fourth-order valence-electron chi connectivity index (χ4n) is 2.33. The minimum atomic E-state index is 0.285. The van der Waals surface area contributed by atoms with E-state index in [1.807, 2.05) is 19.1 Å². The first-order chi connectivity index (χ1) is 10.3. The van der Waals surface area contributed by atoms with Crippen LogP contribution in [0.2, 0.25) is 0 Å². The molecule has 0 aromatic heterocycles. The molecule has 1 saturated heterocycles. The van der Waals surface area contributed by atoms with E-state index in [9.17, 15) is 0 Å². The van der Waals surface area contributed by atoms with Gasteiger partial charge in [-0.3, -0.25) is 0 Å². The van der Waals surface area contributed by atoms with Crippen LogP contribution in [0.5, 0.6) is 5.75 Å². The number of hydrogen-bond donors (Lipinski definition) is 0. The number of rotatable bonds is 6. The van der Waals surface area contributed by atoms with Crippen molar-refractivity contribution in [1.29, 1.82) is 0 Å². The molecule has 3 rings (SSSR count). The summed E-state index contributed by atoms with van der Waals surface area (Å²) in [5.41, 5.74) is 3.75. The standard InChI is InChI=1S/C19H20O2/c1-2-6-17-12-16(11-15-7-4-3-5-8-15)9-10-19(17)21-14-18-13-20-18/h2-10,12,18H,11,13-14H2,1H3. The van der Waals surface area contributed by atoms with Crippen molar-refractivity contribution in [2.45, 2.75) is 19.4 Å². The quantitative estimate of drug-likeness (QED) is 0.743. The van der Waals surface area contributed by atoms with E-state index < -0.39 is 0 Å². The molecular formula is C19H20O2. The molecule has 0 amide bonds. The van der Waals surface area contributed by atoms with Gasteiger partial charge in [0.05, 0.1) is 6.61 Å². The second-order valence-corrected chi connectivity index (χ2v) is 5.30. The van der Waals surface area contributed by atoms with Crippen LogP contribution >= 0.6 is 0 Å². The monoisotopic (exact) mass is 280 g/mol. The number of hydrogen-bond acceptors (Lipinski definition) is 2. The van der Waals surface area contributed by atoms with Crippen LogP contribution in [0.3, 0.4) is 0 Å². The summed E-state index contributed by atoms with van der Waals surface area (Å²) >= 11 is 0. The predicted octanol–water partition coefficient (Wildman–Crippen LogP) is 4.09. The van der Waals surface area contributed by atoms with Gasteiger partial charge in [-0.25, -0.2) is 0 Å². The summed E-state index contributed by atoms with van der Waals surface area (Å²) in [6.07, 6.45) is 5.37. The van der Waals surface area contributed by atoms with Crippen molar-refractivity contribution in [3.8, 4) is 5.75 Å². The largest absolute Gasteiger partial charge is 0.490 e. The maximum absolute atomic E-state index is 5.84. The van der Waals surface area contributed by atoms with Crippen molar-refractivity contribution in [3.63, 3.8) is 0 Å². The molecule has 1 atom stereocenters. The lowest BCUT2D eigenvalue weighted by molar-refractivity contribution is 0.262. The Hall–Kier alpha value is -2.06. The van der Waals surface area contributed by atoms with Gasteiger partial charge in [0.1, 0.15) is 18.5 Å². The Kier molecular flexibility index (Phi) is 4.37. The summed E-state index contributed by atoms with van der Waals surface area (Å²) in [5.74, 6) is 0.931. The van der Waals surface area contributed by atoms with Crippen molar-refractivity contribution in [1.82, 2.24) is 0 Å². The Morgan fingerprint density at radius 2 is 1.95 bits per heavy atom. The molecular weight excluding hydrogens is 260 g/mol. The minimum absolute atomic E-state index is 0.285. The van der Waals surface area contributed by atoms with Gasteiger partial charge in [-0.05, 0) is 36.6 Å². The van der Waals surface area contributed by atoms with Crippen LogP contribution in [0.4, 0.5) is 0 Å². The van der Waals surface area contributed by atoms with Crippen molar-refractivity contribution < 1.29 is 9.47 Å². The highest BCUT2D eigenvalue weighted by Gasteiger charge is 2.23. The van der Waals surface area contributed by atoms with E-state index in [1.165, 1.54) is 11.1 Å². The van der Waals surface area contributed by atoms with Crippen molar-refractivity contribution in [3.05, 3.63) is 71.3 Å². The number of epoxide rings is 1. The first-order valence-electron chi connectivity index (χ1n) is 7.39. The second kappa shape index (κ2) is 6.59. The maximum atomic E-state index is 5.84. The lowest BCUT2D eigenvalue weighted by atomic mass is 10.0. The molecule has 21 heavy (non-hydrogen) atoms. The highest BCUT2D eigenvalue weighted by atomic mass is 16.6. The molecule has 108 valence electrons. The smallest absolute Gasteiger partial charge is 0.126 e. The average molecular weight is 280 g/mol. The fraction of sp³-hybridized carbons (Fsp3) is 0.263. The van der Waals surface area contributed by atoms with Gasteiger partial charge in [0.15, 0.2) is 0 Å². The van der Waals surface area contributed by atoms with E-state index >= 15 is 0 Å². The topological polar surface area (TPSA) is 21.8 Å². The highest BCUT2D eigenvalue weighted by Crippen LogP contribution is 2.24. The molecule has 0 N–H and O–H groups in total. The zero-order chi connectivity index (χ0) is 14.5. The number of benzene rings is 2. The van der Waals surface area contributed by atoms with Gasteiger partial charge in [-0.1, -0.05) is 48.6 Å². The van der Waals surface area contributed by atoms with Crippen LogP contribution in [0.1, 0.15) is 23.6 Å². The molecule has 0 bridgehead atoms. The molecule has 2 heteroatoms. The van der Waals surface area contributed by atoms with Gasteiger partial charge in [-0.15, -0.1) is 0 Å². The van der Waals surface area contributed by atoms with Crippen molar-refractivity contribution in [2.24, 2.45) is 0 Å². The average Bonchev–Trinajstić information content (AvgIpc) is 3.32. The Bertz CT molecular complexity index is 613. The zero-order valence-electron chi connectivity index (χ0n) is 12.3. The molecule has 2 aromatic carbocycles. The van der Waals surface area contributed by atoms with E-state index in [0.29, 0.717) is 6.61 Å². The summed E-state index contributed by atoms with van der Waals surface area (Å²) in [4.78, 5) is 0. The van der Waals surface area contributed by atoms with E-state index in [2.05, 4.69) is 48.5 Å². The number of allylic oxidation sites excluding steroid dienone is 1. The molecule has 1 aliphatic heterocycles. The van der Waals surface area contributed by atoms with Crippen molar-refractivity contribution >= 4 is 6.08 Å². The maximum Gasteiger partial charge on any atom is 0.126 e. The first kappa shape index (κ1) is 13.9. The van der Waals surface area contributed by atoms with Gasteiger partial charge in [-0.2, -0.15) is 0 Å². The van der Waals surface area contributed by atoms with Gasteiger partial charge in [0.2, 0.25) is 0 Å². The second-order valence-electron chi connectivity index (χ2n) is 5.30. The predicted molar refractivity (Wildman–Crippen MR) is 85.6 cm³/mol. The van der Waals surface area contributed by atoms with Crippen LogP contribution in [0.15, 0.2) is 54.6 Å². The third-order valence-electron chi connectivity index (χ3n) is 3.50. The molecule has 0 saturated carbocycles. The van der Waals surface area contributed by atoms with Gasteiger partial charge in [0.25, 0.3) is 0 Å². The van der Waals surface area contributed by atoms with Crippen LogP contribution < -0.4 is 4.74 Å². The van der Waals surface area contributed by atoms with Gasteiger partial charge in [0, 0.05) is 5.56 Å². The van der Waals surface area contributed by atoms with E-state index in [1.54, 1.807) is 0 Å². The molecule has 1 unspecified atom stereocenters. The fourth-order valence-corrected chi connectivity index (χ4v) is 2.33. The van der Waals surface area contributed by atoms with E-state index in [-0.39, 0.29) is 6.10 Å². The van der Waals surface area contributed by atoms with Crippen LogP contribution in [0, 0.1) is 0 Å². The number of ether oxygens (including phenoxy) is 2. The summed E-state index contributed by atoms with van der Waals surface area (Å²) in [5, 5.41) is 0. The van der Waals surface area contributed by atoms with Crippen LogP contribution in [-0.2, 0) is 11.2 Å². The lowest BCUT2D eigenvalue weighted by Crippen LogP contribution is -2.05. The molecule has 1 aliphatic rings. The molecule has 2 nitrogen and oxygen atoms in total. The summed E-state index contributed by atoms with van der Waals surface area (Å²) < 4.78 is 11.0. The van der Waals surface area contributed by atoms with Crippen LogP contribution in [0.25, 0.3) is 6.08 Å². The summed E-state index contributed by atoms with van der Waals surface area (Å²) in [6, 6.07) is 16.9. The molecule has 1 heterocycles. The highest BCUT2D eigenvalue weighted by molar-refractivity contribution is 5.58. The normalized spacial score (nSPS) is 17.1. The SMILES string of the molecule is CC=Cc1cc(Cc2ccccc2)ccc1OCC1CO1. The Balaban J connectivity index is 1.77. The van der Waals surface area contributed by atoms with E-state index in [4.69, 9.17) is 9.47 Å². The summed E-state index contributed by atoms with van der Waals surface area (Å²) in [6.45, 7) is 3.49. The van der Waals surface area contributed by atoms with Crippen molar-refractivity contribution in [2.75, 3.05) is 13.2 Å². The Labute approximate surface area is 126 Å². The van der Waals surface area contributed by atoms with E-state index in [0.717, 1.165) is 24.3 Å². The zero-order valence-corrected chi connectivity index (χ0v) is 12.3. The third kappa shape index (κ3) is 3.96. The lowest BCUT2D eigenvalue weighted by Gasteiger charge is -2.10.